The van der Waals surface area contributed by atoms with E-state index in [1.54, 1.807) is 6.92 Å². The van der Waals surface area contributed by atoms with E-state index >= 15 is 0 Å². The molecule has 2 amide bonds. The van der Waals surface area contributed by atoms with Gasteiger partial charge in [0.2, 0.25) is 0 Å². The van der Waals surface area contributed by atoms with E-state index in [-0.39, 0.29) is 11.8 Å². The first-order valence-electron chi connectivity index (χ1n) is 4.71. The molecule has 0 fully saturated rings. The highest BCUT2D eigenvalue weighted by Crippen LogP contribution is 2.17. The molecule has 0 unspecified atom stereocenters. The van der Waals surface area contributed by atoms with Crippen molar-refractivity contribution in [3.63, 3.8) is 0 Å². The summed E-state index contributed by atoms with van der Waals surface area (Å²) in [7, 11) is 0. The first-order chi connectivity index (χ1) is 7.61. The van der Waals surface area contributed by atoms with Gasteiger partial charge in [0.15, 0.2) is 0 Å². The van der Waals surface area contributed by atoms with E-state index in [1.807, 2.05) is 0 Å². The molecule has 4 nitrogen and oxygen atoms in total. The average Bonchev–Trinajstić information content (AvgIpc) is 2.20. The van der Waals surface area contributed by atoms with Crippen LogP contribution >= 0.6 is 0 Å². The number of ether oxygens (including phenoxy) is 1. The van der Waals surface area contributed by atoms with Gasteiger partial charge in [-0.3, -0.25) is 0 Å². The van der Waals surface area contributed by atoms with Gasteiger partial charge >= 0.3 is 12.6 Å². The van der Waals surface area contributed by atoms with Gasteiger partial charge in [0.1, 0.15) is 5.75 Å². The molecule has 88 valence electrons. The summed E-state index contributed by atoms with van der Waals surface area (Å²) < 4.78 is 27.8. The molecule has 0 saturated heterocycles. The number of rotatable bonds is 4. The van der Waals surface area contributed by atoms with Crippen molar-refractivity contribution in [2.75, 3.05) is 11.9 Å². The molecular formula is C10H12F2N2O2. The predicted octanol–water partition coefficient (Wildman–Crippen LogP) is 2.43. The molecule has 0 atom stereocenters. The smallest absolute Gasteiger partial charge is 0.387 e. The maximum atomic E-state index is 11.8. The van der Waals surface area contributed by atoms with Crippen molar-refractivity contribution in [3.8, 4) is 5.75 Å². The summed E-state index contributed by atoms with van der Waals surface area (Å²) in [5.74, 6) is 0.0523. The number of urea groups is 1. The van der Waals surface area contributed by atoms with Crippen molar-refractivity contribution >= 4 is 11.7 Å². The number of hydrogen-bond acceptors (Lipinski definition) is 2. The van der Waals surface area contributed by atoms with Crippen LogP contribution in [0.1, 0.15) is 6.92 Å². The number of hydrogen-bond donors (Lipinski definition) is 2. The van der Waals surface area contributed by atoms with Crippen LogP contribution in [0.3, 0.4) is 0 Å². The van der Waals surface area contributed by atoms with Gasteiger partial charge in [-0.05, 0) is 31.2 Å². The molecule has 2 N–H and O–H groups in total. The largest absolute Gasteiger partial charge is 0.435 e. The number of alkyl halides is 2. The third kappa shape index (κ3) is 4.12. The summed E-state index contributed by atoms with van der Waals surface area (Å²) in [6.07, 6.45) is 0. The van der Waals surface area contributed by atoms with Gasteiger partial charge in [-0.15, -0.1) is 0 Å². The normalized spacial score (nSPS) is 10.0. The number of amides is 2. The molecule has 0 spiro atoms. The Morgan fingerprint density at radius 1 is 1.38 bits per heavy atom. The van der Waals surface area contributed by atoms with Crippen molar-refractivity contribution in [2.24, 2.45) is 0 Å². The van der Waals surface area contributed by atoms with Gasteiger partial charge in [0, 0.05) is 12.2 Å². The highest BCUT2D eigenvalue weighted by molar-refractivity contribution is 5.89. The number of benzene rings is 1. The van der Waals surface area contributed by atoms with Gasteiger partial charge in [-0.25, -0.2) is 4.79 Å². The fourth-order valence-electron chi connectivity index (χ4n) is 1.06. The minimum atomic E-state index is -2.85. The molecule has 0 saturated carbocycles. The average molecular weight is 230 g/mol. The lowest BCUT2D eigenvalue weighted by molar-refractivity contribution is -0.0498. The topological polar surface area (TPSA) is 50.4 Å². The maximum absolute atomic E-state index is 11.8. The van der Waals surface area contributed by atoms with Crippen molar-refractivity contribution in [1.29, 1.82) is 0 Å². The van der Waals surface area contributed by atoms with Crippen molar-refractivity contribution < 1.29 is 18.3 Å². The third-order valence-electron chi connectivity index (χ3n) is 1.67. The molecule has 6 heteroatoms. The van der Waals surface area contributed by atoms with Crippen LogP contribution < -0.4 is 15.4 Å². The summed E-state index contributed by atoms with van der Waals surface area (Å²) in [6, 6.07) is 5.33. The number of carbonyl (C=O) groups is 1. The van der Waals surface area contributed by atoms with E-state index in [2.05, 4.69) is 15.4 Å². The second-order valence-corrected chi connectivity index (χ2v) is 2.89. The summed E-state index contributed by atoms with van der Waals surface area (Å²) >= 11 is 0. The lowest BCUT2D eigenvalue weighted by Gasteiger charge is -2.07. The second-order valence-electron chi connectivity index (χ2n) is 2.89. The Kier molecular flexibility index (Phi) is 4.50. The van der Waals surface area contributed by atoms with E-state index in [1.165, 1.54) is 24.3 Å². The fourth-order valence-corrected chi connectivity index (χ4v) is 1.06. The molecule has 0 bridgehead atoms. The van der Waals surface area contributed by atoms with E-state index in [0.29, 0.717) is 12.2 Å². The summed E-state index contributed by atoms with van der Waals surface area (Å²) in [5, 5.41) is 5.07. The Morgan fingerprint density at radius 2 is 2.00 bits per heavy atom. The maximum Gasteiger partial charge on any atom is 0.387 e. The minimum Gasteiger partial charge on any atom is -0.435 e. The summed E-state index contributed by atoms with van der Waals surface area (Å²) in [6.45, 7) is -0.542. The molecule has 0 aliphatic rings. The lowest BCUT2D eigenvalue weighted by Crippen LogP contribution is -2.28. The highest BCUT2D eigenvalue weighted by atomic mass is 19.3. The van der Waals surface area contributed by atoms with Crippen LogP contribution in [-0.4, -0.2) is 19.2 Å². The van der Waals surface area contributed by atoms with E-state index < -0.39 is 6.61 Å². The molecule has 1 aromatic carbocycles. The van der Waals surface area contributed by atoms with Crippen LogP contribution in [0, 0.1) is 0 Å². The van der Waals surface area contributed by atoms with Crippen LogP contribution in [-0.2, 0) is 0 Å². The Morgan fingerprint density at radius 3 is 2.50 bits per heavy atom. The van der Waals surface area contributed by atoms with Crippen LogP contribution in [0.25, 0.3) is 0 Å². The zero-order chi connectivity index (χ0) is 12.0. The van der Waals surface area contributed by atoms with Crippen molar-refractivity contribution in [1.82, 2.24) is 5.32 Å². The standard InChI is InChI=1S/C10H12F2N2O2/c1-2-13-10(15)14-7-3-5-8(6-4-7)16-9(11)12/h3-6,9H,2H2,1H3,(H2,13,14,15). The van der Waals surface area contributed by atoms with Crippen LogP contribution in [0.15, 0.2) is 24.3 Å². The zero-order valence-corrected chi connectivity index (χ0v) is 8.67. The minimum absolute atomic E-state index is 0.0523. The Balaban J connectivity index is 2.54. The number of nitrogens with one attached hydrogen (secondary N) is 2. The monoisotopic (exact) mass is 230 g/mol. The molecule has 0 heterocycles. The molecule has 0 aliphatic heterocycles. The molecule has 1 rings (SSSR count). The second kappa shape index (κ2) is 5.89. The molecule has 0 radical (unpaired) electrons. The number of carbonyl (C=O) groups excluding carboxylic acids is 1. The SMILES string of the molecule is CCNC(=O)Nc1ccc(OC(F)F)cc1. The van der Waals surface area contributed by atoms with Gasteiger partial charge in [0.25, 0.3) is 0 Å². The lowest BCUT2D eigenvalue weighted by atomic mass is 10.3. The zero-order valence-electron chi connectivity index (χ0n) is 8.67. The third-order valence-corrected chi connectivity index (χ3v) is 1.67. The summed E-state index contributed by atoms with van der Waals surface area (Å²) in [4.78, 5) is 11.1. The van der Waals surface area contributed by atoms with Crippen LogP contribution in [0.5, 0.6) is 5.75 Å². The van der Waals surface area contributed by atoms with E-state index in [4.69, 9.17) is 0 Å². The van der Waals surface area contributed by atoms with Gasteiger partial charge < -0.3 is 15.4 Å². The fraction of sp³-hybridized carbons (Fsp3) is 0.300. The highest BCUT2D eigenvalue weighted by Gasteiger charge is 2.04. The molecular weight excluding hydrogens is 218 g/mol. The molecule has 0 aromatic heterocycles. The predicted molar refractivity (Wildman–Crippen MR) is 55.8 cm³/mol. The Bertz CT molecular complexity index is 341. The van der Waals surface area contributed by atoms with Crippen molar-refractivity contribution in [2.45, 2.75) is 13.5 Å². The first-order valence-corrected chi connectivity index (χ1v) is 4.71. The van der Waals surface area contributed by atoms with Gasteiger partial charge in [-0.2, -0.15) is 8.78 Å². The van der Waals surface area contributed by atoms with Crippen LogP contribution in [0.4, 0.5) is 19.3 Å². The Hall–Kier alpha value is -1.85. The van der Waals surface area contributed by atoms with E-state index in [0.717, 1.165) is 0 Å². The van der Waals surface area contributed by atoms with Crippen molar-refractivity contribution in [3.05, 3.63) is 24.3 Å². The Labute approximate surface area is 91.6 Å². The molecule has 0 aliphatic carbocycles. The first kappa shape index (κ1) is 12.2. The van der Waals surface area contributed by atoms with E-state index in [9.17, 15) is 13.6 Å². The summed E-state index contributed by atoms with van der Waals surface area (Å²) in [5.41, 5.74) is 0.507. The quantitative estimate of drug-likeness (QED) is 0.834. The number of anilines is 1. The molecule has 16 heavy (non-hydrogen) atoms. The number of halogens is 2. The van der Waals surface area contributed by atoms with Crippen LogP contribution in [0.2, 0.25) is 0 Å². The van der Waals surface area contributed by atoms with Gasteiger partial charge in [0.05, 0.1) is 0 Å². The molecule has 1 aromatic rings. The van der Waals surface area contributed by atoms with Gasteiger partial charge in [-0.1, -0.05) is 0 Å².